The predicted molar refractivity (Wildman–Crippen MR) is 64.5 cm³/mol. The molecule has 0 aliphatic heterocycles. The monoisotopic (exact) mass is 210 g/mol. The second kappa shape index (κ2) is 6.77. The molecule has 0 radical (unpaired) electrons. The Balaban J connectivity index is 2.14. The van der Waals surface area contributed by atoms with E-state index in [1.807, 2.05) is 23.9 Å². The van der Waals surface area contributed by atoms with Gasteiger partial charge in [0.2, 0.25) is 0 Å². The summed E-state index contributed by atoms with van der Waals surface area (Å²) >= 11 is 1.94. The van der Waals surface area contributed by atoms with Crippen LogP contribution >= 0.6 is 11.8 Å². The van der Waals surface area contributed by atoms with Gasteiger partial charge in [-0.15, -0.1) is 0 Å². The third kappa shape index (κ3) is 4.05. The lowest BCUT2D eigenvalue weighted by atomic mass is 10.3. The summed E-state index contributed by atoms with van der Waals surface area (Å²) in [6, 6.07) is 4.00. The van der Waals surface area contributed by atoms with E-state index in [0.29, 0.717) is 0 Å². The van der Waals surface area contributed by atoms with Crippen LogP contribution in [0.1, 0.15) is 37.7 Å². The Hall–Kier alpha value is -0.630. The van der Waals surface area contributed by atoms with Crippen LogP contribution in [0.15, 0.2) is 23.1 Å². The van der Waals surface area contributed by atoms with E-state index in [4.69, 9.17) is 4.42 Å². The maximum absolute atomic E-state index is 5.50. The van der Waals surface area contributed by atoms with Gasteiger partial charge in [0.05, 0.1) is 5.75 Å². The molecule has 1 aromatic rings. The largest absolute Gasteiger partial charge is 0.461 e. The predicted octanol–water partition coefficient (Wildman–Crippen LogP) is 4.35. The zero-order valence-electron chi connectivity index (χ0n) is 8.79. The molecule has 1 rings (SSSR count). The van der Waals surface area contributed by atoms with Crippen molar-refractivity contribution in [2.75, 3.05) is 5.75 Å². The highest BCUT2D eigenvalue weighted by Gasteiger charge is 1.98. The fourth-order valence-corrected chi connectivity index (χ4v) is 2.12. The minimum absolute atomic E-state index is 0.870. The summed E-state index contributed by atoms with van der Waals surface area (Å²) in [5.41, 5.74) is 0. The molecule has 0 amide bonds. The van der Waals surface area contributed by atoms with Gasteiger partial charge in [-0.3, -0.25) is 0 Å². The van der Waals surface area contributed by atoms with E-state index in [2.05, 4.69) is 13.5 Å². The van der Waals surface area contributed by atoms with E-state index in [1.54, 1.807) is 6.08 Å². The molecule has 78 valence electrons. The van der Waals surface area contributed by atoms with Crippen LogP contribution < -0.4 is 0 Å². The van der Waals surface area contributed by atoms with Crippen LogP contribution in [0.25, 0.3) is 6.08 Å². The Bertz CT molecular complexity index is 265. The van der Waals surface area contributed by atoms with Crippen LogP contribution in [-0.2, 0) is 5.75 Å². The zero-order valence-corrected chi connectivity index (χ0v) is 9.61. The number of unbranched alkanes of at least 4 members (excludes halogenated alkanes) is 2. The molecule has 0 spiro atoms. The van der Waals surface area contributed by atoms with Crippen molar-refractivity contribution >= 4 is 17.8 Å². The Morgan fingerprint density at radius 2 is 2.29 bits per heavy atom. The fourth-order valence-electron chi connectivity index (χ4n) is 1.21. The van der Waals surface area contributed by atoms with Gasteiger partial charge < -0.3 is 4.42 Å². The highest BCUT2D eigenvalue weighted by Crippen LogP contribution is 2.17. The molecule has 2 heteroatoms. The lowest BCUT2D eigenvalue weighted by molar-refractivity contribution is 0.521. The smallest absolute Gasteiger partial charge is 0.126 e. The molecule has 0 aromatic carbocycles. The summed E-state index contributed by atoms with van der Waals surface area (Å²) in [6.45, 7) is 5.89. The van der Waals surface area contributed by atoms with Gasteiger partial charge in [-0.2, -0.15) is 11.8 Å². The van der Waals surface area contributed by atoms with Crippen molar-refractivity contribution in [2.24, 2.45) is 0 Å². The van der Waals surface area contributed by atoms with Gasteiger partial charge in [-0.1, -0.05) is 26.3 Å². The SMILES string of the molecule is C=Cc1ccc(CSCCCCC)o1. The summed E-state index contributed by atoms with van der Waals surface area (Å²) in [5, 5.41) is 0. The quantitative estimate of drug-likeness (QED) is 0.621. The molecule has 0 atom stereocenters. The molecule has 14 heavy (non-hydrogen) atoms. The molecule has 1 aromatic heterocycles. The van der Waals surface area contributed by atoms with Crippen molar-refractivity contribution in [3.8, 4) is 0 Å². The number of furan rings is 1. The molecule has 1 nitrogen and oxygen atoms in total. The van der Waals surface area contributed by atoms with Crippen LogP contribution in [-0.4, -0.2) is 5.75 Å². The average Bonchev–Trinajstić information content (AvgIpc) is 2.65. The minimum atomic E-state index is 0.870. The summed E-state index contributed by atoms with van der Waals surface area (Å²) in [4.78, 5) is 0. The third-order valence-corrected chi connectivity index (χ3v) is 3.09. The van der Waals surface area contributed by atoms with Gasteiger partial charge in [0.15, 0.2) is 0 Å². The fraction of sp³-hybridized carbons (Fsp3) is 0.500. The molecular weight excluding hydrogens is 192 g/mol. The van der Waals surface area contributed by atoms with Gasteiger partial charge in [0, 0.05) is 0 Å². The first kappa shape index (κ1) is 11.4. The van der Waals surface area contributed by atoms with Crippen LogP contribution in [0.2, 0.25) is 0 Å². The molecule has 0 aliphatic carbocycles. The topological polar surface area (TPSA) is 13.1 Å². The van der Waals surface area contributed by atoms with Crippen molar-refractivity contribution in [3.05, 3.63) is 30.2 Å². The Labute approximate surface area is 90.6 Å². The van der Waals surface area contributed by atoms with Crippen LogP contribution in [0.5, 0.6) is 0 Å². The highest BCUT2D eigenvalue weighted by atomic mass is 32.2. The standard InChI is InChI=1S/C12H18OS/c1-3-5-6-9-14-10-12-8-7-11(4-2)13-12/h4,7-8H,2-3,5-6,9-10H2,1H3. The molecule has 0 aliphatic rings. The number of hydrogen-bond donors (Lipinski definition) is 0. The van der Waals surface area contributed by atoms with Crippen molar-refractivity contribution in [1.82, 2.24) is 0 Å². The van der Waals surface area contributed by atoms with E-state index in [-0.39, 0.29) is 0 Å². The average molecular weight is 210 g/mol. The maximum atomic E-state index is 5.50. The van der Waals surface area contributed by atoms with E-state index in [0.717, 1.165) is 17.3 Å². The summed E-state index contributed by atoms with van der Waals surface area (Å²) in [7, 11) is 0. The summed E-state index contributed by atoms with van der Waals surface area (Å²) in [5.74, 6) is 4.14. The van der Waals surface area contributed by atoms with E-state index in [9.17, 15) is 0 Å². The molecule has 0 N–H and O–H groups in total. The lowest BCUT2D eigenvalue weighted by Gasteiger charge is -1.97. The van der Waals surface area contributed by atoms with Gasteiger partial charge in [0.1, 0.15) is 11.5 Å². The van der Waals surface area contributed by atoms with Gasteiger partial charge in [0.25, 0.3) is 0 Å². The minimum Gasteiger partial charge on any atom is -0.461 e. The molecule has 0 saturated carbocycles. The normalized spacial score (nSPS) is 10.4. The summed E-state index contributed by atoms with van der Waals surface area (Å²) in [6.07, 6.45) is 5.69. The first-order valence-corrected chi connectivity index (χ1v) is 6.31. The molecular formula is C12H18OS. The maximum Gasteiger partial charge on any atom is 0.126 e. The number of thioether (sulfide) groups is 1. The van der Waals surface area contributed by atoms with Gasteiger partial charge >= 0.3 is 0 Å². The lowest BCUT2D eigenvalue weighted by Crippen LogP contribution is -1.81. The molecule has 0 fully saturated rings. The zero-order chi connectivity index (χ0) is 10.2. The second-order valence-corrected chi connectivity index (χ2v) is 4.37. The van der Waals surface area contributed by atoms with Gasteiger partial charge in [-0.25, -0.2) is 0 Å². The van der Waals surface area contributed by atoms with Crippen molar-refractivity contribution in [2.45, 2.75) is 31.9 Å². The Kier molecular flexibility index (Phi) is 5.53. The number of hydrogen-bond acceptors (Lipinski definition) is 2. The molecule has 0 saturated heterocycles. The first-order chi connectivity index (χ1) is 6.86. The van der Waals surface area contributed by atoms with Crippen molar-refractivity contribution in [3.63, 3.8) is 0 Å². The van der Waals surface area contributed by atoms with E-state index >= 15 is 0 Å². The summed E-state index contributed by atoms with van der Waals surface area (Å²) < 4.78 is 5.50. The first-order valence-electron chi connectivity index (χ1n) is 5.15. The molecule has 0 unspecified atom stereocenters. The van der Waals surface area contributed by atoms with Crippen molar-refractivity contribution < 1.29 is 4.42 Å². The second-order valence-electron chi connectivity index (χ2n) is 3.27. The Morgan fingerprint density at radius 3 is 2.93 bits per heavy atom. The van der Waals surface area contributed by atoms with Crippen LogP contribution in [0.3, 0.4) is 0 Å². The highest BCUT2D eigenvalue weighted by molar-refractivity contribution is 7.98. The van der Waals surface area contributed by atoms with E-state index < -0.39 is 0 Å². The Morgan fingerprint density at radius 1 is 1.43 bits per heavy atom. The van der Waals surface area contributed by atoms with Crippen molar-refractivity contribution in [1.29, 1.82) is 0 Å². The molecule has 0 bridgehead atoms. The van der Waals surface area contributed by atoms with E-state index in [1.165, 1.54) is 25.0 Å². The molecule has 1 heterocycles. The van der Waals surface area contributed by atoms with Crippen LogP contribution in [0.4, 0.5) is 0 Å². The third-order valence-electron chi connectivity index (χ3n) is 2.02. The number of rotatable bonds is 7. The van der Waals surface area contributed by atoms with Gasteiger partial charge in [-0.05, 0) is 30.4 Å². The van der Waals surface area contributed by atoms with Crippen LogP contribution in [0, 0.1) is 0 Å².